The molecule has 0 aliphatic carbocycles. The fourth-order valence-electron chi connectivity index (χ4n) is 0.997. The van der Waals surface area contributed by atoms with Crippen LogP contribution < -0.4 is 0 Å². The molecular formula is C7H7N5O. The minimum Gasteiger partial charge on any atom is -0.508 e. The van der Waals surface area contributed by atoms with Crippen LogP contribution in [0.1, 0.15) is 5.56 Å². The summed E-state index contributed by atoms with van der Waals surface area (Å²) in [5.41, 5.74) is 1.48. The van der Waals surface area contributed by atoms with Gasteiger partial charge in [-0.25, -0.2) is 0 Å². The Labute approximate surface area is 73.8 Å². The Balaban J connectivity index is 2.49. The van der Waals surface area contributed by atoms with Gasteiger partial charge >= 0.3 is 0 Å². The molecule has 0 saturated carbocycles. The second kappa shape index (κ2) is 2.81. The van der Waals surface area contributed by atoms with Gasteiger partial charge in [-0.05, 0) is 51.5 Å². The molecule has 1 heterocycles. The summed E-state index contributed by atoms with van der Waals surface area (Å²) in [4.78, 5) is 1.28. The summed E-state index contributed by atoms with van der Waals surface area (Å²) >= 11 is 0. The summed E-state index contributed by atoms with van der Waals surface area (Å²) in [7, 11) is 0. The normalized spacial score (nSPS) is 10.2. The SMILES string of the molecule is Cc1cc(-n2nnnn2)ccc1O. The Morgan fingerprint density at radius 2 is 1.92 bits per heavy atom. The highest BCUT2D eigenvalue weighted by Crippen LogP contribution is 2.17. The van der Waals surface area contributed by atoms with Gasteiger partial charge < -0.3 is 5.11 Å². The van der Waals surface area contributed by atoms with Crippen molar-refractivity contribution in [2.45, 2.75) is 6.92 Å². The van der Waals surface area contributed by atoms with Crippen molar-refractivity contribution in [2.24, 2.45) is 0 Å². The number of hydrogen-bond acceptors (Lipinski definition) is 5. The number of aromatic nitrogens is 5. The number of phenolic OH excluding ortho intramolecular Hbond substituents is 1. The summed E-state index contributed by atoms with van der Waals surface area (Å²) in [6, 6.07) is 5.01. The highest BCUT2D eigenvalue weighted by Gasteiger charge is 2.01. The third-order valence-electron chi connectivity index (χ3n) is 1.70. The summed E-state index contributed by atoms with van der Waals surface area (Å²) in [5, 5.41) is 23.2. The molecule has 0 bridgehead atoms. The van der Waals surface area contributed by atoms with Gasteiger partial charge in [-0.2, -0.15) is 0 Å². The van der Waals surface area contributed by atoms with Crippen molar-refractivity contribution >= 4 is 0 Å². The zero-order chi connectivity index (χ0) is 9.26. The minimum absolute atomic E-state index is 0.247. The number of aryl methyl sites for hydroxylation is 1. The van der Waals surface area contributed by atoms with E-state index >= 15 is 0 Å². The molecule has 2 rings (SSSR count). The zero-order valence-corrected chi connectivity index (χ0v) is 6.92. The molecule has 1 N–H and O–H groups in total. The average Bonchev–Trinajstić information content (AvgIpc) is 2.62. The van der Waals surface area contributed by atoms with Crippen LogP contribution in [0, 0.1) is 6.92 Å². The standard InChI is InChI=1S/C7H7N5O/c1-5-4-6(2-3-7(5)13)12-10-8-9-11-12/h2-4,13H,1H3. The number of benzene rings is 1. The number of rotatable bonds is 1. The van der Waals surface area contributed by atoms with Crippen LogP contribution in [0.4, 0.5) is 0 Å². The lowest BCUT2D eigenvalue weighted by molar-refractivity contribution is 0.471. The quantitative estimate of drug-likeness (QED) is 0.667. The van der Waals surface area contributed by atoms with Crippen LogP contribution >= 0.6 is 0 Å². The van der Waals surface area contributed by atoms with Crippen molar-refractivity contribution in [2.75, 3.05) is 0 Å². The van der Waals surface area contributed by atoms with Gasteiger partial charge in [0, 0.05) is 0 Å². The van der Waals surface area contributed by atoms with Gasteiger partial charge in [0.25, 0.3) is 0 Å². The number of hydrogen-bond donors (Lipinski definition) is 1. The number of nitrogens with zero attached hydrogens (tertiary/aromatic N) is 5. The molecule has 0 saturated heterocycles. The van der Waals surface area contributed by atoms with Crippen LogP contribution in [-0.2, 0) is 0 Å². The Kier molecular flexibility index (Phi) is 1.66. The van der Waals surface area contributed by atoms with Crippen LogP contribution in [0.5, 0.6) is 5.75 Å². The van der Waals surface area contributed by atoms with Gasteiger partial charge in [-0.1, -0.05) is 0 Å². The topological polar surface area (TPSA) is 76.7 Å². The second-order valence-electron chi connectivity index (χ2n) is 2.62. The maximum atomic E-state index is 9.26. The molecule has 0 aliphatic rings. The van der Waals surface area contributed by atoms with Crippen LogP contribution in [0.3, 0.4) is 0 Å². The molecule has 0 amide bonds. The molecule has 1 aromatic heterocycles. The van der Waals surface area contributed by atoms with Crippen LogP contribution in [0.2, 0.25) is 0 Å². The summed E-state index contributed by atoms with van der Waals surface area (Å²) in [6.07, 6.45) is 0. The molecule has 66 valence electrons. The summed E-state index contributed by atoms with van der Waals surface area (Å²) in [5.74, 6) is 0.247. The highest BCUT2D eigenvalue weighted by molar-refractivity contribution is 5.41. The van der Waals surface area contributed by atoms with Crippen molar-refractivity contribution in [3.05, 3.63) is 23.8 Å². The van der Waals surface area contributed by atoms with E-state index in [-0.39, 0.29) is 5.75 Å². The van der Waals surface area contributed by atoms with Gasteiger partial charge in [-0.15, -0.1) is 4.80 Å². The fourth-order valence-corrected chi connectivity index (χ4v) is 0.997. The van der Waals surface area contributed by atoms with Crippen molar-refractivity contribution in [3.63, 3.8) is 0 Å². The van der Waals surface area contributed by atoms with Crippen molar-refractivity contribution in [1.29, 1.82) is 0 Å². The molecule has 0 unspecified atom stereocenters. The van der Waals surface area contributed by atoms with E-state index in [0.29, 0.717) is 0 Å². The first kappa shape index (κ1) is 7.66. The van der Waals surface area contributed by atoms with Crippen molar-refractivity contribution in [3.8, 4) is 11.4 Å². The van der Waals surface area contributed by atoms with E-state index in [9.17, 15) is 5.11 Å². The first-order valence-electron chi connectivity index (χ1n) is 3.69. The molecule has 0 aliphatic heterocycles. The van der Waals surface area contributed by atoms with E-state index in [1.165, 1.54) is 4.80 Å². The molecule has 2 aromatic rings. The summed E-state index contributed by atoms with van der Waals surface area (Å²) < 4.78 is 0. The average molecular weight is 177 g/mol. The lowest BCUT2D eigenvalue weighted by atomic mass is 10.2. The minimum atomic E-state index is 0.247. The van der Waals surface area contributed by atoms with Crippen molar-refractivity contribution < 1.29 is 5.11 Å². The Bertz CT molecular complexity index is 411. The third kappa shape index (κ3) is 1.33. The van der Waals surface area contributed by atoms with Crippen LogP contribution in [0.15, 0.2) is 18.2 Å². The molecule has 0 spiro atoms. The Hall–Kier alpha value is -1.98. The van der Waals surface area contributed by atoms with Crippen LogP contribution in [0.25, 0.3) is 5.69 Å². The van der Waals surface area contributed by atoms with Crippen LogP contribution in [-0.4, -0.2) is 30.8 Å². The molecular weight excluding hydrogens is 170 g/mol. The Morgan fingerprint density at radius 1 is 1.23 bits per heavy atom. The molecule has 1 aromatic carbocycles. The molecule has 6 heteroatoms. The lowest BCUT2D eigenvalue weighted by Gasteiger charge is -2.00. The van der Waals surface area contributed by atoms with E-state index in [1.807, 2.05) is 0 Å². The van der Waals surface area contributed by atoms with Gasteiger partial charge in [-0.3, -0.25) is 0 Å². The Morgan fingerprint density at radius 3 is 2.54 bits per heavy atom. The lowest BCUT2D eigenvalue weighted by Crippen LogP contribution is -1.99. The van der Waals surface area contributed by atoms with Gasteiger partial charge in [0.05, 0.1) is 5.69 Å². The van der Waals surface area contributed by atoms with Crippen molar-refractivity contribution in [1.82, 2.24) is 25.7 Å². The fraction of sp³-hybridized carbons (Fsp3) is 0.143. The monoisotopic (exact) mass is 177 g/mol. The first-order valence-corrected chi connectivity index (χ1v) is 3.69. The zero-order valence-electron chi connectivity index (χ0n) is 6.92. The second-order valence-corrected chi connectivity index (χ2v) is 2.62. The van der Waals surface area contributed by atoms with E-state index in [2.05, 4.69) is 20.9 Å². The van der Waals surface area contributed by atoms with E-state index < -0.39 is 0 Å². The predicted molar refractivity (Wildman–Crippen MR) is 43.4 cm³/mol. The molecule has 0 atom stereocenters. The summed E-state index contributed by atoms with van der Waals surface area (Å²) in [6.45, 7) is 1.79. The van der Waals surface area contributed by atoms with Gasteiger partial charge in [0.15, 0.2) is 0 Å². The number of phenols is 1. The van der Waals surface area contributed by atoms with E-state index in [0.717, 1.165) is 11.3 Å². The first-order chi connectivity index (χ1) is 6.27. The van der Waals surface area contributed by atoms with Gasteiger partial charge in [0.1, 0.15) is 5.75 Å². The van der Waals surface area contributed by atoms with E-state index in [4.69, 9.17) is 0 Å². The highest BCUT2D eigenvalue weighted by atomic mass is 16.3. The molecule has 13 heavy (non-hydrogen) atoms. The predicted octanol–water partition coefficient (Wildman–Crippen LogP) is 0.0713. The smallest absolute Gasteiger partial charge is 0.118 e. The largest absolute Gasteiger partial charge is 0.508 e. The third-order valence-corrected chi connectivity index (χ3v) is 1.70. The molecule has 0 fully saturated rings. The number of aromatic hydroxyl groups is 1. The van der Waals surface area contributed by atoms with E-state index in [1.54, 1.807) is 25.1 Å². The maximum absolute atomic E-state index is 9.26. The maximum Gasteiger partial charge on any atom is 0.118 e. The molecule has 0 radical (unpaired) electrons. The molecule has 6 nitrogen and oxygen atoms in total. The van der Waals surface area contributed by atoms with Gasteiger partial charge in [0.2, 0.25) is 0 Å².